The molecule has 0 bridgehead atoms. The van der Waals surface area contributed by atoms with Crippen LogP contribution in [-0.2, 0) is 4.79 Å². The van der Waals surface area contributed by atoms with Crippen molar-refractivity contribution < 1.29 is 9.90 Å². The van der Waals surface area contributed by atoms with Gasteiger partial charge in [-0.1, -0.05) is 26.3 Å². The molecule has 0 unspecified atom stereocenters. The lowest BCUT2D eigenvalue weighted by Gasteiger charge is -2.13. The number of carboxylic acid groups (broad SMARTS) is 1. The van der Waals surface area contributed by atoms with Crippen LogP contribution in [-0.4, -0.2) is 11.1 Å². The first kappa shape index (κ1) is 9.21. The van der Waals surface area contributed by atoms with E-state index in [9.17, 15) is 4.79 Å². The zero-order chi connectivity index (χ0) is 8.15. The molecule has 2 nitrogen and oxygen atoms in total. The molecule has 0 rings (SSSR count). The fourth-order valence-electron chi connectivity index (χ4n) is 0.830. The Balaban J connectivity index is 4.05. The van der Waals surface area contributed by atoms with E-state index in [-0.39, 0.29) is 11.8 Å². The first-order valence-electron chi connectivity index (χ1n) is 3.48. The highest BCUT2D eigenvalue weighted by molar-refractivity contribution is 5.72. The van der Waals surface area contributed by atoms with E-state index in [4.69, 9.17) is 5.11 Å². The van der Waals surface area contributed by atoms with Crippen molar-refractivity contribution in [2.45, 2.75) is 20.3 Å². The summed E-state index contributed by atoms with van der Waals surface area (Å²) in [5.74, 6) is -0.968. The molecule has 0 amide bonds. The van der Waals surface area contributed by atoms with Crippen LogP contribution >= 0.6 is 0 Å². The second-order valence-corrected chi connectivity index (χ2v) is 2.49. The molecule has 2 atom stereocenters. The summed E-state index contributed by atoms with van der Waals surface area (Å²) in [5, 5.41) is 8.60. The van der Waals surface area contributed by atoms with Crippen LogP contribution < -0.4 is 0 Å². The van der Waals surface area contributed by atoms with Gasteiger partial charge in [0.15, 0.2) is 0 Å². The number of aliphatic carboxylic acids is 1. The lowest BCUT2D eigenvalue weighted by Crippen LogP contribution is -2.18. The smallest absolute Gasteiger partial charge is 0.310 e. The van der Waals surface area contributed by atoms with Crippen LogP contribution in [0.4, 0.5) is 0 Å². The standard InChI is InChI=1S/C8H14O2/c1-4-6(3)7(5-2)8(9)10/h5-7H,2,4H2,1,3H3,(H,9,10)/t6-,7+/m1/s1. The molecule has 0 aliphatic carbocycles. The second kappa shape index (κ2) is 4.09. The Hall–Kier alpha value is -0.790. The van der Waals surface area contributed by atoms with Crippen LogP contribution in [0, 0.1) is 11.8 Å². The lowest BCUT2D eigenvalue weighted by molar-refractivity contribution is -0.141. The maximum Gasteiger partial charge on any atom is 0.310 e. The Bertz CT molecular complexity index is 129. The molecule has 0 aromatic rings. The largest absolute Gasteiger partial charge is 0.481 e. The predicted molar refractivity (Wildman–Crippen MR) is 40.8 cm³/mol. The van der Waals surface area contributed by atoms with Crippen LogP contribution in [0.15, 0.2) is 12.7 Å². The Morgan fingerprint density at radius 3 is 2.40 bits per heavy atom. The molecular formula is C8H14O2. The van der Waals surface area contributed by atoms with Crippen molar-refractivity contribution in [3.05, 3.63) is 12.7 Å². The van der Waals surface area contributed by atoms with Crippen LogP contribution in [0.25, 0.3) is 0 Å². The average Bonchev–Trinajstić information content (AvgIpc) is 1.88. The molecule has 0 aromatic heterocycles. The Morgan fingerprint density at radius 1 is 1.80 bits per heavy atom. The molecule has 0 fully saturated rings. The highest BCUT2D eigenvalue weighted by atomic mass is 16.4. The van der Waals surface area contributed by atoms with Crippen molar-refractivity contribution in [2.24, 2.45) is 11.8 Å². The number of rotatable bonds is 4. The molecule has 58 valence electrons. The predicted octanol–water partition coefficient (Wildman–Crippen LogP) is 1.92. The van der Waals surface area contributed by atoms with Gasteiger partial charge in [-0.25, -0.2) is 0 Å². The van der Waals surface area contributed by atoms with Crippen molar-refractivity contribution >= 4 is 5.97 Å². The minimum atomic E-state index is -0.774. The minimum absolute atomic E-state index is 0.190. The number of carbonyl (C=O) groups is 1. The molecule has 0 heterocycles. The fourth-order valence-corrected chi connectivity index (χ4v) is 0.830. The normalized spacial score (nSPS) is 15.8. The molecule has 1 N–H and O–H groups in total. The summed E-state index contributed by atoms with van der Waals surface area (Å²) >= 11 is 0. The first-order chi connectivity index (χ1) is 4.63. The fraction of sp³-hybridized carbons (Fsp3) is 0.625. The topological polar surface area (TPSA) is 37.3 Å². The number of carboxylic acids is 1. The van der Waals surface area contributed by atoms with E-state index in [1.165, 1.54) is 6.08 Å². The van der Waals surface area contributed by atoms with Crippen LogP contribution in [0.1, 0.15) is 20.3 Å². The third-order valence-corrected chi connectivity index (χ3v) is 1.80. The van der Waals surface area contributed by atoms with E-state index < -0.39 is 5.97 Å². The van der Waals surface area contributed by atoms with Crippen LogP contribution in [0.2, 0.25) is 0 Å². The van der Waals surface area contributed by atoms with Gasteiger partial charge in [0.25, 0.3) is 0 Å². The van der Waals surface area contributed by atoms with Gasteiger partial charge in [-0.15, -0.1) is 6.58 Å². The third-order valence-electron chi connectivity index (χ3n) is 1.80. The number of hydrogen-bond donors (Lipinski definition) is 1. The molecule has 10 heavy (non-hydrogen) atoms. The monoisotopic (exact) mass is 142 g/mol. The Kier molecular flexibility index (Phi) is 3.77. The quantitative estimate of drug-likeness (QED) is 0.609. The van der Waals surface area contributed by atoms with E-state index in [2.05, 4.69) is 6.58 Å². The van der Waals surface area contributed by atoms with Crippen molar-refractivity contribution in [3.8, 4) is 0 Å². The van der Waals surface area contributed by atoms with Crippen molar-refractivity contribution in [1.29, 1.82) is 0 Å². The molecule has 0 saturated carbocycles. The van der Waals surface area contributed by atoms with Crippen molar-refractivity contribution in [3.63, 3.8) is 0 Å². The highest BCUT2D eigenvalue weighted by Crippen LogP contribution is 2.15. The Morgan fingerprint density at radius 2 is 2.30 bits per heavy atom. The van der Waals surface area contributed by atoms with Crippen LogP contribution in [0.3, 0.4) is 0 Å². The highest BCUT2D eigenvalue weighted by Gasteiger charge is 2.18. The van der Waals surface area contributed by atoms with E-state index in [1.807, 2.05) is 13.8 Å². The van der Waals surface area contributed by atoms with Crippen molar-refractivity contribution in [1.82, 2.24) is 0 Å². The zero-order valence-electron chi connectivity index (χ0n) is 6.50. The minimum Gasteiger partial charge on any atom is -0.481 e. The molecule has 0 radical (unpaired) electrons. The van der Waals surface area contributed by atoms with Crippen LogP contribution in [0.5, 0.6) is 0 Å². The van der Waals surface area contributed by atoms with Gasteiger partial charge in [-0.05, 0) is 5.92 Å². The summed E-state index contributed by atoms with van der Waals surface area (Å²) in [6, 6.07) is 0. The average molecular weight is 142 g/mol. The van der Waals surface area contributed by atoms with Gasteiger partial charge in [-0.3, -0.25) is 4.79 Å². The molecule has 0 aliphatic rings. The number of hydrogen-bond acceptors (Lipinski definition) is 1. The summed E-state index contributed by atoms with van der Waals surface area (Å²) in [6.45, 7) is 7.36. The maximum absolute atomic E-state index is 10.5. The van der Waals surface area contributed by atoms with Gasteiger partial charge in [0.2, 0.25) is 0 Å². The summed E-state index contributed by atoms with van der Waals surface area (Å²) in [5.41, 5.74) is 0. The van der Waals surface area contributed by atoms with Gasteiger partial charge in [0.05, 0.1) is 5.92 Å². The van der Waals surface area contributed by atoms with Gasteiger partial charge in [0.1, 0.15) is 0 Å². The van der Waals surface area contributed by atoms with Gasteiger partial charge in [0, 0.05) is 0 Å². The van der Waals surface area contributed by atoms with Crippen molar-refractivity contribution in [2.75, 3.05) is 0 Å². The maximum atomic E-state index is 10.5. The summed E-state index contributed by atoms with van der Waals surface area (Å²) in [4.78, 5) is 10.5. The van der Waals surface area contributed by atoms with Gasteiger partial charge < -0.3 is 5.11 Å². The third kappa shape index (κ3) is 2.21. The SMILES string of the molecule is C=C[C@H](C(=O)O)[C@H](C)CC. The molecule has 2 heteroatoms. The van der Waals surface area contributed by atoms with E-state index >= 15 is 0 Å². The molecule has 0 saturated heterocycles. The molecule has 0 aromatic carbocycles. The Labute approximate surface area is 61.6 Å². The summed E-state index contributed by atoms with van der Waals surface area (Å²) < 4.78 is 0. The summed E-state index contributed by atoms with van der Waals surface area (Å²) in [7, 11) is 0. The molecule has 0 spiro atoms. The van der Waals surface area contributed by atoms with Gasteiger partial charge >= 0.3 is 5.97 Å². The van der Waals surface area contributed by atoms with E-state index in [0.29, 0.717) is 0 Å². The lowest BCUT2D eigenvalue weighted by atomic mass is 9.92. The molecule has 0 aliphatic heterocycles. The molecular weight excluding hydrogens is 128 g/mol. The summed E-state index contributed by atoms with van der Waals surface area (Å²) in [6.07, 6.45) is 2.37. The zero-order valence-corrected chi connectivity index (χ0v) is 6.50. The van der Waals surface area contributed by atoms with Gasteiger partial charge in [-0.2, -0.15) is 0 Å². The van der Waals surface area contributed by atoms with E-state index in [1.54, 1.807) is 0 Å². The van der Waals surface area contributed by atoms with E-state index in [0.717, 1.165) is 6.42 Å². The first-order valence-corrected chi connectivity index (χ1v) is 3.48. The second-order valence-electron chi connectivity index (χ2n) is 2.49.